The maximum absolute atomic E-state index is 13.1. The maximum atomic E-state index is 13.1. The van der Waals surface area contributed by atoms with E-state index in [0.717, 1.165) is 4.90 Å². The van der Waals surface area contributed by atoms with Crippen molar-refractivity contribution in [1.29, 1.82) is 0 Å². The van der Waals surface area contributed by atoms with Crippen LogP contribution in [0, 0.1) is 0 Å². The van der Waals surface area contributed by atoms with Crippen LogP contribution in [0.1, 0.15) is 18.4 Å². The van der Waals surface area contributed by atoms with E-state index < -0.39 is 59.5 Å². The van der Waals surface area contributed by atoms with E-state index in [0.29, 0.717) is 11.3 Å². The Kier molecular flexibility index (Phi) is 26.8. The Labute approximate surface area is 403 Å². The molecule has 1 saturated heterocycles. The molecule has 2 aliphatic heterocycles. The topological polar surface area (TPSA) is 341 Å². The van der Waals surface area contributed by atoms with Crippen LogP contribution in [0.3, 0.4) is 0 Å². The lowest BCUT2D eigenvalue weighted by Crippen LogP contribution is -2.49. The van der Waals surface area contributed by atoms with E-state index in [1.54, 1.807) is 43.9 Å². The highest BCUT2D eigenvalue weighted by Crippen LogP contribution is 2.14. The van der Waals surface area contributed by atoms with Gasteiger partial charge in [0, 0.05) is 103 Å². The molecule has 1 aromatic carbocycles. The van der Waals surface area contributed by atoms with Crippen molar-refractivity contribution >= 4 is 59.2 Å². The number of ketones is 1. The number of carboxylic acids is 4. The zero-order valence-corrected chi connectivity index (χ0v) is 39.0. The Hall–Kier alpha value is -6.42. The van der Waals surface area contributed by atoms with E-state index >= 15 is 0 Å². The molecule has 2 heterocycles. The van der Waals surface area contributed by atoms with Crippen molar-refractivity contribution in [3.63, 3.8) is 0 Å². The number of nitrogens with zero attached hydrogens (tertiary/aromatic N) is 5. The average molecular weight is 993 g/mol. The molecule has 0 saturated carbocycles. The third-order valence-electron chi connectivity index (χ3n) is 10.5. The summed E-state index contributed by atoms with van der Waals surface area (Å²) in [6.07, 6.45) is 1.71. The summed E-state index contributed by atoms with van der Waals surface area (Å²) < 4.78 is 21.5. The van der Waals surface area contributed by atoms with Crippen LogP contribution in [0.5, 0.6) is 5.75 Å². The highest BCUT2D eigenvalue weighted by molar-refractivity contribution is 6.12. The standard InChI is InChI=1S/C44H64N8O18/c53-33(26-48-12-14-49(27-41(59)60)16-18-51(29-43(63)64)19-17-50(15-13-48)28-42(61)62)3-6-36(54)47-35(44(65)66)25-32-1-4-34(5-2-32)70-31-38(56)46-10-20-67-21-22-68-23-24-69-30-37(55)45-9-11-52-39(57)7-8-40(52)58/h1-2,4-5,7-8,35H,3,6,9-31H2,(H,45,55)(H,46,56)(H,47,54)(H,59,60)(H,61,62)(H,63,64)(H,65,66)/t35-/m0/s1. The van der Waals surface area contributed by atoms with Gasteiger partial charge in [0.2, 0.25) is 11.8 Å². The Morgan fingerprint density at radius 3 is 1.50 bits per heavy atom. The van der Waals surface area contributed by atoms with Gasteiger partial charge in [0.1, 0.15) is 24.2 Å². The molecule has 7 N–H and O–H groups in total. The summed E-state index contributed by atoms with van der Waals surface area (Å²) >= 11 is 0. The summed E-state index contributed by atoms with van der Waals surface area (Å²) in [5.41, 5.74) is 0.540. The second-order valence-corrected chi connectivity index (χ2v) is 16.1. The second kappa shape index (κ2) is 32.4. The number of benzene rings is 1. The number of carbonyl (C=O) groups is 10. The molecular formula is C44H64N8O18. The highest BCUT2D eigenvalue weighted by atomic mass is 16.5. The van der Waals surface area contributed by atoms with E-state index in [9.17, 15) is 68.4 Å². The summed E-state index contributed by atoms with van der Waals surface area (Å²) in [7, 11) is 0. The smallest absolute Gasteiger partial charge is 0.326 e. The van der Waals surface area contributed by atoms with Gasteiger partial charge < -0.3 is 55.3 Å². The Bertz CT molecular complexity index is 1900. The fourth-order valence-corrected chi connectivity index (χ4v) is 6.87. The molecule has 70 heavy (non-hydrogen) atoms. The minimum Gasteiger partial charge on any atom is -0.484 e. The lowest BCUT2D eigenvalue weighted by molar-refractivity contribution is -0.142. The van der Waals surface area contributed by atoms with Gasteiger partial charge in [0.05, 0.1) is 59.2 Å². The average Bonchev–Trinajstić information content (AvgIpc) is 3.62. The summed E-state index contributed by atoms with van der Waals surface area (Å²) in [5.74, 6) is -6.89. The second-order valence-electron chi connectivity index (χ2n) is 16.1. The minimum atomic E-state index is -1.32. The molecule has 26 heteroatoms. The first-order chi connectivity index (χ1) is 33.5. The number of hydrogen-bond acceptors (Lipinski definition) is 18. The summed E-state index contributed by atoms with van der Waals surface area (Å²) in [4.78, 5) is 127. The minimum absolute atomic E-state index is 0.0630. The van der Waals surface area contributed by atoms with Crippen LogP contribution < -0.4 is 20.7 Å². The predicted molar refractivity (Wildman–Crippen MR) is 242 cm³/mol. The lowest BCUT2D eigenvalue weighted by atomic mass is 10.1. The third-order valence-corrected chi connectivity index (χ3v) is 10.5. The molecule has 0 unspecified atom stereocenters. The number of amides is 5. The summed E-state index contributed by atoms with van der Waals surface area (Å²) in [6, 6.07) is 4.93. The van der Waals surface area contributed by atoms with Crippen LogP contribution in [-0.2, 0) is 68.6 Å². The monoisotopic (exact) mass is 992 g/mol. The number of carboxylic acid groups (broad SMARTS) is 4. The molecule has 1 fully saturated rings. The molecule has 5 amide bonds. The van der Waals surface area contributed by atoms with Crippen molar-refractivity contribution in [2.45, 2.75) is 25.3 Å². The predicted octanol–water partition coefficient (Wildman–Crippen LogP) is -3.79. The number of imide groups is 1. The van der Waals surface area contributed by atoms with Gasteiger partial charge in [-0.15, -0.1) is 0 Å². The van der Waals surface area contributed by atoms with Crippen LogP contribution in [0.2, 0.25) is 0 Å². The van der Waals surface area contributed by atoms with E-state index in [-0.39, 0.29) is 169 Å². The van der Waals surface area contributed by atoms with Crippen LogP contribution in [0.15, 0.2) is 36.4 Å². The van der Waals surface area contributed by atoms with Crippen LogP contribution in [0.25, 0.3) is 0 Å². The normalized spacial score (nSPS) is 15.9. The van der Waals surface area contributed by atoms with Crippen molar-refractivity contribution < 1.29 is 87.3 Å². The van der Waals surface area contributed by atoms with Gasteiger partial charge in [-0.3, -0.25) is 67.7 Å². The first-order valence-electron chi connectivity index (χ1n) is 22.6. The number of rotatable bonds is 32. The molecule has 0 bridgehead atoms. The van der Waals surface area contributed by atoms with Crippen molar-refractivity contribution in [2.24, 2.45) is 0 Å². The van der Waals surface area contributed by atoms with E-state index in [1.807, 2.05) is 0 Å². The number of hydrogen-bond donors (Lipinski definition) is 7. The van der Waals surface area contributed by atoms with Gasteiger partial charge in [-0.25, -0.2) is 4.79 Å². The molecule has 0 aromatic heterocycles. The molecule has 1 aromatic rings. The molecule has 0 radical (unpaired) electrons. The van der Waals surface area contributed by atoms with Crippen molar-refractivity contribution in [3.05, 3.63) is 42.0 Å². The van der Waals surface area contributed by atoms with Crippen molar-refractivity contribution in [2.75, 3.05) is 144 Å². The molecule has 2 aliphatic rings. The Balaban J connectivity index is 1.30. The number of nitrogens with one attached hydrogen (secondary N) is 3. The first-order valence-corrected chi connectivity index (χ1v) is 22.6. The van der Waals surface area contributed by atoms with Crippen LogP contribution in [0.4, 0.5) is 0 Å². The fourth-order valence-electron chi connectivity index (χ4n) is 6.87. The third kappa shape index (κ3) is 25.3. The van der Waals surface area contributed by atoms with E-state index in [4.69, 9.17) is 18.9 Å². The molecule has 26 nitrogen and oxygen atoms in total. The number of Topliss-reactive ketones (excluding diaryl/α,β-unsaturated/α-hetero) is 1. The largest absolute Gasteiger partial charge is 0.484 e. The SMILES string of the molecule is O=C(O)CN1CCN(CC(=O)O)CCN(CC(=O)CCC(=O)N[C@@H](Cc2ccc(OCC(=O)NCCOCCOCCOCC(=O)NCCN3C(=O)C=CC3=O)cc2)C(=O)O)CCN(CC(=O)O)CC1. The molecule has 1 atom stereocenters. The molecule has 0 spiro atoms. The zero-order valence-electron chi connectivity index (χ0n) is 39.0. The maximum Gasteiger partial charge on any atom is 0.326 e. The highest BCUT2D eigenvalue weighted by Gasteiger charge is 2.25. The Morgan fingerprint density at radius 2 is 1.00 bits per heavy atom. The van der Waals surface area contributed by atoms with Gasteiger partial charge >= 0.3 is 23.9 Å². The van der Waals surface area contributed by atoms with Gasteiger partial charge in [-0.2, -0.15) is 0 Å². The van der Waals surface area contributed by atoms with Crippen LogP contribution in [-0.4, -0.2) is 255 Å². The first kappa shape index (κ1) is 57.9. The zero-order chi connectivity index (χ0) is 51.3. The van der Waals surface area contributed by atoms with Gasteiger partial charge in [0.15, 0.2) is 6.61 Å². The fraction of sp³-hybridized carbons (Fsp3) is 0.591. The number of aliphatic carboxylic acids is 4. The summed E-state index contributed by atoms with van der Waals surface area (Å²) in [6.45, 7) is 1.57. The van der Waals surface area contributed by atoms with Gasteiger partial charge in [0.25, 0.3) is 17.7 Å². The number of ether oxygens (including phenoxy) is 4. The van der Waals surface area contributed by atoms with E-state index in [1.165, 1.54) is 12.2 Å². The van der Waals surface area contributed by atoms with E-state index in [2.05, 4.69) is 16.0 Å². The van der Waals surface area contributed by atoms with Gasteiger partial charge in [-0.05, 0) is 17.7 Å². The molecule has 388 valence electrons. The van der Waals surface area contributed by atoms with Crippen LogP contribution >= 0.6 is 0 Å². The van der Waals surface area contributed by atoms with Gasteiger partial charge in [-0.1, -0.05) is 12.1 Å². The Morgan fingerprint density at radius 1 is 0.543 bits per heavy atom. The van der Waals surface area contributed by atoms with Crippen molar-refractivity contribution in [1.82, 2.24) is 40.4 Å². The molecular weight excluding hydrogens is 929 g/mol. The lowest BCUT2D eigenvalue weighted by Gasteiger charge is -2.32. The van der Waals surface area contributed by atoms with Crippen molar-refractivity contribution in [3.8, 4) is 5.75 Å². The molecule has 3 rings (SSSR count). The quantitative estimate of drug-likeness (QED) is 0.0269. The summed E-state index contributed by atoms with van der Waals surface area (Å²) in [5, 5.41) is 45.7. The number of carbonyl (C=O) groups excluding carboxylic acids is 6. The molecule has 0 aliphatic carbocycles.